The van der Waals surface area contributed by atoms with Crippen LogP contribution in [0.3, 0.4) is 0 Å². The van der Waals surface area contributed by atoms with Gasteiger partial charge in [0.2, 0.25) is 11.8 Å². The van der Waals surface area contributed by atoms with Crippen LogP contribution in [-0.2, 0) is 21.9 Å². The molecule has 0 radical (unpaired) electrons. The number of hydrogen-bond acceptors (Lipinski definition) is 3. The molecule has 1 aliphatic rings. The molecular weight excluding hydrogens is 430 g/mol. The van der Waals surface area contributed by atoms with Gasteiger partial charge in [0, 0.05) is 18.3 Å². The Bertz CT molecular complexity index is 884. The predicted molar refractivity (Wildman–Crippen MR) is 124 cm³/mol. The molecule has 0 heterocycles. The number of benzene rings is 2. The van der Waals surface area contributed by atoms with Crippen molar-refractivity contribution >= 4 is 23.6 Å². The van der Waals surface area contributed by atoms with Gasteiger partial charge in [-0.15, -0.1) is 11.8 Å². The second-order valence-corrected chi connectivity index (χ2v) is 9.17. The van der Waals surface area contributed by atoms with Crippen molar-refractivity contribution in [3.8, 4) is 0 Å². The Hall–Kier alpha value is -2.41. The predicted octanol–water partition coefficient (Wildman–Crippen LogP) is 5.06. The first-order valence-electron chi connectivity index (χ1n) is 11.1. The van der Waals surface area contributed by atoms with Crippen molar-refractivity contribution in [2.45, 2.75) is 63.4 Å². The molecule has 2 amide bonds. The first-order chi connectivity index (χ1) is 15.5. The average molecular weight is 461 g/mol. The van der Waals surface area contributed by atoms with E-state index in [0.717, 1.165) is 36.8 Å². The van der Waals surface area contributed by atoms with Crippen molar-refractivity contribution in [3.63, 3.8) is 0 Å². The van der Waals surface area contributed by atoms with Gasteiger partial charge in [0.25, 0.3) is 0 Å². The molecule has 0 saturated heterocycles. The number of halogens is 2. The summed E-state index contributed by atoms with van der Waals surface area (Å²) in [7, 11) is 0. The molecule has 4 nitrogen and oxygen atoms in total. The lowest BCUT2D eigenvalue weighted by molar-refractivity contribution is -0.139. The van der Waals surface area contributed by atoms with Crippen molar-refractivity contribution in [3.05, 3.63) is 71.3 Å². The van der Waals surface area contributed by atoms with Gasteiger partial charge in [0.15, 0.2) is 0 Å². The number of hydrogen-bond donors (Lipinski definition) is 1. The maximum Gasteiger partial charge on any atom is 0.243 e. The zero-order chi connectivity index (χ0) is 22.9. The molecule has 1 fully saturated rings. The largest absolute Gasteiger partial charge is 0.352 e. The third kappa shape index (κ3) is 7.05. The fourth-order valence-corrected chi connectivity index (χ4v) is 4.86. The quantitative estimate of drug-likeness (QED) is 0.539. The highest BCUT2D eigenvalue weighted by molar-refractivity contribution is 7.99. The van der Waals surface area contributed by atoms with Gasteiger partial charge in [-0.2, -0.15) is 0 Å². The topological polar surface area (TPSA) is 49.4 Å². The van der Waals surface area contributed by atoms with E-state index in [-0.39, 0.29) is 41.8 Å². The Morgan fingerprint density at radius 3 is 2.12 bits per heavy atom. The number of amides is 2. The van der Waals surface area contributed by atoms with Gasteiger partial charge in [0.1, 0.15) is 17.7 Å². The van der Waals surface area contributed by atoms with Crippen molar-refractivity contribution in [2.24, 2.45) is 0 Å². The maximum absolute atomic E-state index is 13.3. The minimum Gasteiger partial charge on any atom is -0.352 e. The summed E-state index contributed by atoms with van der Waals surface area (Å²) in [6.45, 7) is 2.14. The van der Waals surface area contributed by atoms with E-state index < -0.39 is 6.04 Å². The van der Waals surface area contributed by atoms with Crippen molar-refractivity contribution in [1.29, 1.82) is 0 Å². The molecule has 2 aromatic rings. The SMILES string of the molecule is CC[C@@H](C(=O)NC1CCCC1)N(Cc1ccc(F)cc1)C(=O)CSCc1ccc(F)cc1. The molecule has 172 valence electrons. The van der Waals surface area contributed by atoms with Crippen LogP contribution in [0.4, 0.5) is 8.78 Å². The summed E-state index contributed by atoms with van der Waals surface area (Å²) < 4.78 is 26.4. The fourth-order valence-electron chi connectivity index (χ4n) is 3.99. The van der Waals surface area contributed by atoms with E-state index in [4.69, 9.17) is 0 Å². The number of rotatable bonds is 10. The fraction of sp³-hybridized carbons (Fsp3) is 0.440. The summed E-state index contributed by atoms with van der Waals surface area (Å²) in [5, 5.41) is 3.11. The second kappa shape index (κ2) is 12.0. The van der Waals surface area contributed by atoms with Crippen molar-refractivity contribution in [1.82, 2.24) is 10.2 Å². The Morgan fingerprint density at radius 2 is 1.56 bits per heavy atom. The van der Waals surface area contributed by atoms with Gasteiger partial charge in [-0.05, 0) is 54.7 Å². The molecule has 7 heteroatoms. The Morgan fingerprint density at radius 1 is 1.00 bits per heavy atom. The molecule has 1 saturated carbocycles. The minimum absolute atomic E-state index is 0.126. The van der Waals surface area contributed by atoms with Gasteiger partial charge in [-0.3, -0.25) is 9.59 Å². The van der Waals surface area contributed by atoms with E-state index >= 15 is 0 Å². The smallest absolute Gasteiger partial charge is 0.243 e. The van der Waals surface area contributed by atoms with E-state index in [0.29, 0.717) is 12.2 Å². The second-order valence-electron chi connectivity index (χ2n) is 8.18. The first-order valence-corrected chi connectivity index (χ1v) is 12.3. The van der Waals surface area contributed by atoms with Crippen LogP contribution in [0.1, 0.15) is 50.2 Å². The van der Waals surface area contributed by atoms with Crippen LogP contribution < -0.4 is 5.32 Å². The third-order valence-corrected chi connectivity index (χ3v) is 6.75. The van der Waals surface area contributed by atoms with Gasteiger partial charge in [-0.25, -0.2) is 8.78 Å². The van der Waals surface area contributed by atoms with Crippen LogP contribution in [0.5, 0.6) is 0 Å². The molecule has 32 heavy (non-hydrogen) atoms. The molecule has 1 aliphatic carbocycles. The van der Waals surface area contributed by atoms with Gasteiger partial charge < -0.3 is 10.2 Å². The molecule has 0 aromatic heterocycles. The summed E-state index contributed by atoms with van der Waals surface area (Å²) in [5.74, 6) is -0.132. The molecule has 0 bridgehead atoms. The number of carbonyl (C=O) groups is 2. The summed E-state index contributed by atoms with van der Waals surface area (Å²) in [5.41, 5.74) is 1.70. The number of thioether (sulfide) groups is 1. The zero-order valence-corrected chi connectivity index (χ0v) is 19.2. The van der Waals surface area contributed by atoms with Crippen LogP contribution in [-0.4, -0.2) is 34.6 Å². The average Bonchev–Trinajstić information content (AvgIpc) is 3.29. The first kappa shape index (κ1) is 24.2. The molecule has 2 aromatic carbocycles. The van der Waals surface area contributed by atoms with E-state index in [1.807, 2.05) is 6.92 Å². The normalized spacial score (nSPS) is 14.8. The molecule has 3 rings (SSSR count). The molecular formula is C25H30F2N2O2S. The molecule has 0 aliphatic heterocycles. The molecule has 0 unspecified atom stereocenters. The summed E-state index contributed by atoms with van der Waals surface area (Å²) in [6.07, 6.45) is 4.66. The maximum atomic E-state index is 13.3. The zero-order valence-electron chi connectivity index (χ0n) is 18.4. The molecule has 1 atom stereocenters. The van der Waals surface area contributed by atoms with E-state index in [2.05, 4.69) is 5.32 Å². The van der Waals surface area contributed by atoms with Gasteiger partial charge in [0.05, 0.1) is 5.75 Å². The summed E-state index contributed by atoms with van der Waals surface area (Å²) in [4.78, 5) is 27.8. The minimum atomic E-state index is -0.584. The monoisotopic (exact) mass is 460 g/mol. The Kier molecular flexibility index (Phi) is 9.09. The van der Waals surface area contributed by atoms with Gasteiger partial charge in [-0.1, -0.05) is 44.0 Å². The lowest BCUT2D eigenvalue weighted by atomic mass is 10.1. The van der Waals surface area contributed by atoms with E-state index in [1.165, 1.54) is 36.0 Å². The Balaban J connectivity index is 1.68. The summed E-state index contributed by atoms with van der Waals surface area (Å²) >= 11 is 1.43. The van der Waals surface area contributed by atoms with E-state index in [1.54, 1.807) is 29.2 Å². The highest BCUT2D eigenvalue weighted by Gasteiger charge is 2.30. The standard InChI is InChI=1S/C25H30F2N2O2S/c1-2-23(25(31)28-22-5-3-4-6-22)29(15-18-7-11-20(26)12-8-18)24(30)17-32-16-19-9-13-21(27)14-10-19/h7-14,22-23H,2-6,15-17H2,1H3,(H,28,31)/t23-/m0/s1. The number of nitrogens with one attached hydrogen (secondary N) is 1. The van der Waals surface area contributed by atoms with Crippen LogP contribution in [0.25, 0.3) is 0 Å². The third-order valence-electron chi connectivity index (χ3n) is 5.76. The van der Waals surface area contributed by atoms with Crippen molar-refractivity contribution in [2.75, 3.05) is 5.75 Å². The number of nitrogens with zero attached hydrogens (tertiary/aromatic N) is 1. The van der Waals surface area contributed by atoms with Crippen LogP contribution >= 0.6 is 11.8 Å². The lowest BCUT2D eigenvalue weighted by Gasteiger charge is -2.31. The highest BCUT2D eigenvalue weighted by Crippen LogP contribution is 2.20. The van der Waals surface area contributed by atoms with Crippen LogP contribution in [0.15, 0.2) is 48.5 Å². The summed E-state index contributed by atoms with van der Waals surface area (Å²) in [6, 6.07) is 11.8. The Labute approximate surface area is 192 Å². The van der Waals surface area contributed by atoms with Crippen LogP contribution in [0.2, 0.25) is 0 Å². The van der Waals surface area contributed by atoms with Crippen molar-refractivity contribution < 1.29 is 18.4 Å². The van der Waals surface area contributed by atoms with Crippen LogP contribution in [0, 0.1) is 11.6 Å². The highest BCUT2D eigenvalue weighted by atomic mass is 32.2. The lowest BCUT2D eigenvalue weighted by Crippen LogP contribution is -2.51. The van der Waals surface area contributed by atoms with E-state index in [9.17, 15) is 18.4 Å². The number of carbonyl (C=O) groups excluding carboxylic acids is 2. The molecule has 0 spiro atoms. The van der Waals surface area contributed by atoms with Gasteiger partial charge >= 0.3 is 0 Å². The molecule has 1 N–H and O–H groups in total.